The molecule has 0 bridgehead atoms. The normalized spacial score (nSPS) is 27.2. The van der Waals surface area contributed by atoms with Crippen LogP contribution in [0.5, 0.6) is 0 Å². The molecule has 2 heterocycles. The fourth-order valence-electron chi connectivity index (χ4n) is 2.25. The van der Waals surface area contributed by atoms with Crippen LogP contribution < -0.4 is 5.32 Å². The van der Waals surface area contributed by atoms with Crippen molar-refractivity contribution in [3.63, 3.8) is 0 Å². The van der Waals surface area contributed by atoms with E-state index in [0.717, 1.165) is 19.7 Å². The van der Waals surface area contributed by atoms with Crippen LogP contribution >= 0.6 is 11.3 Å². The molecule has 4 heteroatoms. The lowest BCUT2D eigenvalue weighted by molar-refractivity contribution is -0.0594. The third kappa shape index (κ3) is 2.46. The van der Waals surface area contributed by atoms with Crippen LogP contribution in [0.4, 0.5) is 0 Å². The topological polar surface area (TPSA) is 24.5 Å². The number of ether oxygens (including phenoxy) is 1. The Morgan fingerprint density at radius 2 is 2.38 bits per heavy atom. The van der Waals surface area contributed by atoms with Gasteiger partial charge in [-0.3, -0.25) is 4.90 Å². The first-order valence-electron chi connectivity index (χ1n) is 5.75. The molecule has 1 aromatic rings. The minimum atomic E-state index is 0.266. The molecular weight excluding hydrogens is 220 g/mol. The van der Waals surface area contributed by atoms with Gasteiger partial charge >= 0.3 is 0 Å². The lowest BCUT2D eigenvalue weighted by atomic mass is 10.1. The zero-order chi connectivity index (χ0) is 11.5. The number of hydrogen-bond acceptors (Lipinski definition) is 4. The van der Waals surface area contributed by atoms with Crippen molar-refractivity contribution in [1.29, 1.82) is 0 Å². The first kappa shape index (κ1) is 12.0. The highest BCUT2D eigenvalue weighted by molar-refractivity contribution is 7.12. The zero-order valence-electron chi connectivity index (χ0n) is 10.2. The number of nitrogens with one attached hydrogen (secondary N) is 1. The summed E-state index contributed by atoms with van der Waals surface area (Å²) in [6.45, 7) is 4.92. The van der Waals surface area contributed by atoms with Gasteiger partial charge in [0.05, 0.1) is 18.8 Å². The quantitative estimate of drug-likeness (QED) is 0.869. The van der Waals surface area contributed by atoms with E-state index in [1.165, 1.54) is 9.75 Å². The van der Waals surface area contributed by atoms with Crippen molar-refractivity contribution in [2.75, 3.05) is 33.8 Å². The van der Waals surface area contributed by atoms with Gasteiger partial charge in [0, 0.05) is 22.8 Å². The molecule has 1 aromatic heterocycles. The second-order valence-corrected chi connectivity index (χ2v) is 5.66. The highest BCUT2D eigenvalue weighted by Crippen LogP contribution is 2.32. The minimum Gasteiger partial charge on any atom is -0.374 e. The van der Waals surface area contributed by atoms with Crippen LogP contribution in [-0.4, -0.2) is 44.8 Å². The average Bonchev–Trinajstić information content (AvgIpc) is 2.65. The molecule has 2 atom stereocenters. The maximum absolute atomic E-state index is 5.87. The molecule has 1 saturated heterocycles. The second kappa shape index (κ2) is 5.27. The third-order valence-electron chi connectivity index (χ3n) is 3.06. The maximum Gasteiger partial charge on any atom is 0.0904 e. The number of nitrogens with zero attached hydrogens (tertiary/aromatic N) is 1. The predicted octanol–water partition coefficient (Wildman–Crippen LogP) is 1.65. The van der Waals surface area contributed by atoms with Gasteiger partial charge in [-0.1, -0.05) is 0 Å². The van der Waals surface area contributed by atoms with Gasteiger partial charge in [0.25, 0.3) is 0 Å². The second-order valence-electron chi connectivity index (χ2n) is 4.34. The van der Waals surface area contributed by atoms with Crippen LogP contribution in [-0.2, 0) is 4.74 Å². The van der Waals surface area contributed by atoms with Gasteiger partial charge in [-0.15, -0.1) is 11.3 Å². The first-order valence-corrected chi connectivity index (χ1v) is 6.57. The molecule has 0 aromatic carbocycles. The Balaban J connectivity index is 2.18. The van der Waals surface area contributed by atoms with Gasteiger partial charge in [-0.25, -0.2) is 0 Å². The molecule has 2 rings (SSSR count). The number of morpholine rings is 1. The monoisotopic (exact) mass is 240 g/mol. The standard InChI is InChI=1S/C12H20N2OS/c1-9-4-5-11(16-9)12-10(8-13-2)15-7-6-14(12)3/h4-5,10,12-13H,6-8H2,1-3H3. The summed E-state index contributed by atoms with van der Waals surface area (Å²) in [6, 6.07) is 4.83. The van der Waals surface area contributed by atoms with E-state index in [2.05, 4.69) is 36.3 Å². The molecule has 0 aliphatic carbocycles. The number of thiophene rings is 1. The maximum atomic E-state index is 5.87. The summed E-state index contributed by atoms with van der Waals surface area (Å²) in [5, 5.41) is 3.22. The van der Waals surface area contributed by atoms with Gasteiger partial charge in [0.1, 0.15) is 0 Å². The summed E-state index contributed by atoms with van der Waals surface area (Å²) in [7, 11) is 4.17. The molecule has 2 unspecified atom stereocenters. The molecule has 1 N–H and O–H groups in total. The van der Waals surface area contributed by atoms with Crippen LogP contribution in [0.1, 0.15) is 15.8 Å². The van der Waals surface area contributed by atoms with Crippen molar-refractivity contribution in [2.45, 2.75) is 19.1 Å². The Morgan fingerprint density at radius 3 is 3.00 bits per heavy atom. The van der Waals surface area contributed by atoms with E-state index < -0.39 is 0 Å². The number of hydrogen-bond donors (Lipinski definition) is 1. The zero-order valence-corrected chi connectivity index (χ0v) is 11.0. The Morgan fingerprint density at radius 1 is 1.56 bits per heavy atom. The van der Waals surface area contributed by atoms with Gasteiger partial charge in [-0.2, -0.15) is 0 Å². The van der Waals surface area contributed by atoms with Gasteiger partial charge < -0.3 is 10.1 Å². The number of rotatable bonds is 3. The van der Waals surface area contributed by atoms with Crippen molar-refractivity contribution in [2.24, 2.45) is 0 Å². The summed E-state index contributed by atoms with van der Waals surface area (Å²) in [4.78, 5) is 5.19. The van der Waals surface area contributed by atoms with Crippen molar-refractivity contribution in [3.05, 3.63) is 21.9 Å². The van der Waals surface area contributed by atoms with E-state index in [0.29, 0.717) is 6.04 Å². The Labute approximate surface area is 101 Å². The SMILES string of the molecule is CNCC1OCCN(C)C1c1ccc(C)s1. The summed E-state index contributed by atoms with van der Waals surface area (Å²) in [5.41, 5.74) is 0. The molecule has 3 nitrogen and oxygen atoms in total. The first-order chi connectivity index (χ1) is 7.72. The average molecular weight is 240 g/mol. The molecule has 1 fully saturated rings. The molecule has 90 valence electrons. The van der Waals surface area contributed by atoms with E-state index in [-0.39, 0.29) is 6.10 Å². The smallest absolute Gasteiger partial charge is 0.0904 e. The van der Waals surface area contributed by atoms with E-state index in [9.17, 15) is 0 Å². The van der Waals surface area contributed by atoms with E-state index >= 15 is 0 Å². The molecular formula is C12H20N2OS. The van der Waals surface area contributed by atoms with Crippen LogP contribution in [0.2, 0.25) is 0 Å². The van der Waals surface area contributed by atoms with E-state index in [1.807, 2.05) is 18.4 Å². The predicted molar refractivity (Wildman–Crippen MR) is 68.1 cm³/mol. The number of aryl methyl sites for hydroxylation is 1. The fourth-order valence-corrected chi connectivity index (χ4v) is 3.34. The molecule has 0 radical (unpaired) electrons. The third-order valence-corrected chi connectivity index (χ3v) is 4.13. The summed E-state index contributed by atoms with van der Waals surface area (Å²) >= 11 is 1.88. The van der Waals surface area contributed by atoms with Gasteiger partial charge in [-0.05, 0) is 33.2 Å². The molecule has 0 saturated carbocycles. The highest BCUT2D eigenvalue weighted by Gasteiger charge is 2.31. The Hall–Kier alpha value is -0.420. The van der Waals surface area contributed by atoms with Crippen molar-refractivity contribution < 1.29 is 4.74 Å². The summed E-state index contributed by atoms with van der Waals surface area (Å²) < 4.78 is 5.87. The Bertz CT molecular complexity index is 338. The van der Waals surface area contributed by atoms with E-state index in [1.54, 1.807) is 0 Å². The van der Waals surface area contributed by atoms with Crippen molar-refractivity contribution >= 4 is 11.3 Å². The van der Waals surface area contributed by atoms with Crippen molar-refractivity contribution in [3.8, 4) is 0 Å². The minimum absolute atomic E-state index is 0.266. The van der Waals surface area contributed by atoms with Crippen LogP contribution in [0, 0.1) is 6.92 Å². The van der Waals surface area contributed by atoms with Gasteiger partial charge in [0.2, 0.25) is 0 Å². The fraction of sp³-hybridized carbons (Fsp3) is 0.667. The van der Waals surface area contributed by atoms with Crippen molar-refractivity contribution in [1.82, 2.24) is 10.2 Å². The molecule has 0 amide bonds. The van der Waals surface area contributed by atoms with Crippen LogP contribution in [0.25, 0.3) is 0 Å². The molecule has 1 aliphatic rings. The number of likely N-dealkylation sites (N-methyl/N-ethyl adjacent to an activating group) is 2. The lowest BCUT2D eigenvalue weighted by Crippen LogP contribution is -2.46. The Kier molecular flexibility index (Phi) is 3.97. The molecule has 0 spiro atoms. The van der Waals surface area contributed by atoms with E-state index in [4.69, 9.17) is 4.74 Å². The summed E-state index contributed by atoms with van der Waals surface area (Å²) in [5.74, 6) is 0. The largest absolute Gasteiger partial charge is 0.374 e. The lowest BCUT2D eigenvalue weighted by Gasteiger charge is -2.38. The van der Waals surface area contributed by atoms with Crippen LogP contribution in [0.3, 0.4) is 0 Å². The van der Waals surface area contributed by atoms with Crippen LogP contribution in [0.15, 0.2) is 12.1 Å². The van der Waals surface area contributed by atoms with Gasteiger partial charge in [0.15, 0.2) is 0 Å². The summed E-state index contributed by atoms with van der Waals surface area (Å²) in [6.07, 6.45) is 0.266. The highest BCUT2D eigenvalue weighted by atomic mass is 32.1. The molecule has 1 aliphatic heterocycles. The molecule has 16 heavy (non-hydrogen) atoms.